The topological polar surface area (TPSA) is 41.6 Å². The molecule has 0 aromatic carbocycles. The maximum Gasteiger partial charge on any atom is 0.241 e. The van der Waals surface area contributed by atoms with Crippen LogP contribution in [0.15, 0.2) is 0 Å². The molecule has 0 aliphatic carbocycles. The van der Waals surface area contributed by atoms with Crippen molar-refractivity contribution in [2.75, 3.05) is 19.8 Å². The second kappa shape index (κ2) is 8.74. The Bertz CT molecular complexity index is 316. The first-order valence-electron chi connectivity index (χ1n) is 8.47. The van der Waals surface area contributed by atoms with E-state index >= 15 is 0 Å². The Morgan fingerprint density at radius 1 is 1.14 bits per heavy atom. The molecule has 2 unspecified atom stereocenters. The summed E-state index contributed by atoms with van der Waals surface area (Å²) in [5, 5.41) is 3.52. The van der Waals surface area contributed by atoms with Gasteiger partial charge in [0.15, 0.2) is 0 Å². The van der Waals surface area contributed by atoms with Gasteiger partial charge in [0.2, 0.25) is 5.91 Å². The lowest BCUT2D eigenvalue weighted by molar-refractivity contribution is -0.131. The number of carbonyl (C=O) groups is 1. The standard InChI is InChI=1S/C17H34N2O2/c1-12(2)10-15-18-16(14(5)6)17(20)19(15)8-7-9-21-11-13(3)4/h12-16,18H,7-11H2,1-6H3. The zero-order valence-electron chi connectivity index (χ0n) is 14.7. The van der Waals surface area contributed by atoms with Gasteiger partial charge in [0.05, 0.1) is 12.2 Å². The SMILES string of the molecule is CC(C)COCCCN1C(=O)C(C(C)C)NC1CC(C)C. The second-order valence-electron chi connectivity index (χ2n) is 7.39. The van der Waals surface area contributed by atoms with E-state index in [1.807, 2.05) is 4.90 Å². The molecule has 2 atom stereocenters. The van der Waals surface area contributed by atoms with Gasteiger partial charge in [-0.2, -0.15) is 0 Å². The van der Waals surface area contributed by atoms with E-state index < -0.39 is 0 Å². The van der Waals surface area contributed by atoms with Gasteiger partial charge in [0, 0.05) is 19.8 Å². The first-order valence-corrected chi connectivity index (χ1v) is 8.47. The molecule has 4 nitrogen and oxygen atoms in total. The van der Waals surface area contributed by atoms with Gasteiger partial charge < -0.3 is 9.64 Å². The van der Waals surface area contributed by atoms with Crippen LogP contribution in [0.5, 0.6) is 0 Å². The molecule has 0 spiro atoms. The number of hydrogen-bond acceptors (Lipinski definition) is 3. The summed E-state index contributed by atoms with van der Waals surface area (Å²) in [4.78, 5) is 14.6. The summed E-state index contributed by atoms with van der Waals surface area (Å²) in [5.74, 6) is 1.76. The number of rotatable bonds is 9. The molecule has 1 N–H and O–H groups in total. The summed E-state index contributed by atoms with van der Waals surface area (Å²) in [7, 11) is 0. The average Bonchev–Trinajstić information content (AvgIpc) is 2.65. The van der Waals surface area contributed by atoms with E-state index in [0.29, 0.717) is 17.8 Å². The van der Waals surface area contributed by atoms with Gasteiger partial charge in [-0.05, 0) is 30.6 Å². The molecule has 0 radical (unpaired) electrons. The van der Waals surface area contributed by atoms with Gasteiger partial charge in [-0.1, -0.05) is 41.5 Å². The highest BCUT2D eigenvalue weighted by Crippen LogP contribution is 2.21. The van der Waals surface area contributed by atoms with E-state index in [1.165, 1.54) is 0 Å². The maximum absolute atomic E-state index is 12.5. The summed E-state index contributed by atoms with van der Waals surface area (Å²) < 4.78 is 5.62. The summed E-state index contributed by atoms with van der Waals surface area (Å²) >= 11 is 0. The van der Waals surface area contributed by atoms with Crippen LogP contribution in [0.4, 0.5) is 0 Å². The smallest absolute Gasteiger partial charge is 0.241 e. The molecule has 1 amide bonds. The Balaban J connectivity index is 2.48. The number of hydrogen-bond donors (Lipinski definition) is 1. The van der Waals surface area contributed by atoms with Gasteiger partial charge in [0.1, 0.15) is 0 Å². The van der Waals surface area contributed by atoms with Gasteiger partial charge in [-0.15, -0.1) is 0 Å². The van der Waals surface area contributed by atoms with Crippen molar-refractivity contribution >= 4 is 5.91 Å². The fourth-order valence-corrected chi connectivity index (χ4v) is 2.74. The van der Waals surface area contributed by atoms with E-state index in [2.05, 4.69) is 46.9 Å². The van der Waals surface area contributed by atoms with Crippen LogP contribution in [0.25, 0.3) is 0 Å². The molecule has 0 bridgehead atoms. The van der Waals surface area contributed by atoms with Crippen LogP contribution in [0.3, 0.4) is 0 Å². The lowest BCUT2D eigenvalue weighted by Crippen LogP contribution is -2.39. The largest absolute Gasteiger partial charge is 0.381 e. The van der Waals surface area contributed by atoms with Crippen LogP contribution in [0.1, 0.15) is 54.4 Å². The molecular weight excluding hydrogens is 264 g/mol. The van der Waals surface area contributed by atoms with E-state index in [4.69, 9.17) is 4.74 Å². The molecule has 0 aromatic rings. The third kappa shape index (κ3) is 5.95. The number of carbonyl (C=O) groups excluding carboxylic acids is 1. The Kier molecular flexibility index (Phi) is 7.67. The van der Waals surface area contributed by atoms with Gasteiger partial charge in [-0.25, -0.2) is 0 Å². The van der Waals surface area contributed by atoms with Crippen molar-refractivity contribution in [3.8, 4) is 0 Å². The molecule has 1 heterocycles. The molecule has 1 saturated heterocycles. The number of amides is 1. The third-order valence-electron chi connectivity index (χ3n) is 3.80. The average molecular weight is 298 g/mol. The Labute approximate surface area is 130 Å². The molecule has 1 aliphatic heterocycles. The first kappa shape index (κ1) is 18.4. The molecule has 1 rings (SSSR count). The van der Waals surface area contributed by atoms with Gasteiger partial charge in [-0.3, -0.25) is 10.1 Å². The van der Waals surface area contributed by atoms with Crippen molar-refractivity contribution < 1.29 is 9.53 Å². The Morgan fingerprint density at radius 2 is 1.81 bits per heavy atom. The second-order valence-corrected chi connectivity index (χ2v) is 7.39. The van der Waals surface area contributed by atoms with Crippen LogP contribution in [-0.4, -0.2) is 42.8 Å². The highest BCUT2D eigenvalue weighted by molar-refractivity contribution is 5.84. The maximum atomic E-state index is 12.5. The van der Waals surface area contributed by atoms with Crippen molar-refractivity contribution in [3.05, 3.63) is 0 Å². The van der Waals surface area contributed by atoms with E-state index in [9.17, 15) is 4.79 Å². The first-order chi connectivity index (χ1) is 9.82. The van der Waals surface area contributed by atoms with Crippen LogP contribution in [0.2, 0.25) is 0 Å². The molecule has 0 aromatic heterocycles. The minimum atomic E-state index is -0.0228. The van der Waals surface area contributed by atoms with E-state index in [0.717, 1.165) is 32.6 Å². The number of nitrogens with one attached hydrogen (secondary N) is 1. The quantitative estimate of drug-likeness (QED) is 0.666. The predicted octanol–water partition coefficient (Wildman–Crippen LogP) is 2.88. The number of nitrogens with zero attached hydrogens (tertiary/aromatic N) is 1. The lowest BCUT2D eigenvalue weighted by atomic mass is 10.0. The van der Waals surface area contributed by atoms with Crippen molar-refractivity contribution in [2.24, 2.45) is 17.8 Å². The normalized spacial score (nSPS) is 23.1. The molecule has 4 heteroatoms. The Morgan fingerprint density at radius 3 is 2.33 bits per heavy atom. The minimum Gasteiger partial charge on any atom is -0.381 e. The molecule has 1 fully saturated rings. The molecule has 0 saturated carbocycles. The predicted molar refractivity (Wildman–Crippen MR) is 87.0 cm³/mol. The Hall–Kier alpha value is -0.610. The summed E-state index contributed by atoms with van der Waals surface area (Å²) in [6, 6.07) is -0.0228. The molecular formula is C17H34N2O2. The monoisotopic (exact) mass is 298 g/mol. The van der Waals surface area contributed by atoms with Crippen molar-refractivity contribution in [1.29, 1.82) is 0 Å². The highest BCUT2D eigenvalue weighted by Gasteiger charge is 2.39. The van der Waals surface area contributed by atoms with Crippen LogP contribution >= 0.6 is 0 Å². The van der Waals surface area contributed by atoms with Crippen LogP contribution in [0, 0.1) is 17.8 Å². The zero-order valence-corrected chi connectivity index (χ0v) is 14.7. The van der Waals surface area contributed by atoms with E-state index in [1.54, 1.807) is 0 Å². The van der Waals surface area contributed by atoms with Crippen molar-refractivity contribution in [3.63, 3.8) is 0 Å². The minimum absolute atomic E-state index is 0.0228. The lowest BCUT2D eigenvalue weighted by Gasteiger charge is -2.25. The molecule has 1 aliphatic rings. The molecule has 21 heavy (non-hydrogen) atoms. The number of ether oxygens (including phenoxy) is 1. The van der Waals surface area contributed by atoms with Crippen LogP contribution in [-0.2, 0) is 9.53 Å². The fourth-order valence-electron chi connectivity index (χ4n) is 2.74. The third-order valence-corrected chi connectivity index (χ3v) is 3.80. The van der Waals surface area contributed by atoms with Gasteiger partial charge in [0.25, 0.3) is 0 Å². The van der Waals surface area contributed by atoms with Gasteiger partial charge >= 0.3 is 0 Å². The summed E-state index contributed by atoms with van der Waals surface area (Å²) in [6.07, 6.45) is 2.12. The van der Waals surface area contributed by atoms with Crippen LogP contribution < -0.4 is 5.32 Å². The van der Waals surface area contributed by atoms with E-state index in [-0.39, 0.29) is 18.1 Å². The van der Waals surface area contributed by atoms with Crippen molar-refractivity contribution in [2.45, 2.75) is 66.6 Å². The summed E-state index contributed by atoms with van der Waals surface area (Å²) in [6.45, 7) is 15.3. The molecule has 124 valence electrons. The summed E-state index contributed by atoms with van der Waals surface area (Å²) in [5.41, 5.74) is 0. The highest BCUT2D eigenvalue weighted by atomic mass is 16.5. The fraction of sp³-hybridized carbons (Fsp3) is 0.941. The zero-order chi connectivity index (χ0) is 16.0. The van der Waals surface area contributed by atoms with Crippen molar-refractivity contribution in [1.82, 2.24) is 10.2 Å².